The maximum absolute atomic E-state index is 11.7. The van der Waals surface area contributed by atoms with E-state index in [1.807, 2.05) is 38.1 Å². The van der Waals surface area contributed by atoms with Gasteiger partial charge in [0.1, 0.15) is 0 Å². The summed E-state index contributed by atoms with van der Waals surface area (Å²) in [6, 6.07) is 8.06. The summed E-state index contributed by atoms with van der Waals surface area (Å²) in [6.45, 7) is 3.99. The summed E-state index contributed by atoms with van der Waals surface area (Å²) >= 11 is 2.48. The van der Waals surface area contributed by atoms with Crippen molar-refractivity contribution in [2.75, 3.05) is 16.8 Å². The Morgan fingerprint density at radius 3 is 2.55 bits per heavy atom. The summed E-state index contributed by atoms with van der Waals surface area (Å²) in [7, 11) is 0. The van der Waals surface area contributed by atoms with Gasteiger partial charge in [0.15, 0.2) is 5.13 Å². The first-order chi connectivity index (χ1) is 10.5. The van der Waals surface area contributed by atoms with Gasteiger partial charge >= 0.3 is 5.97 Å². The number of aromatic nitrogens is 1. The van der Waals surface area contributed by atoms with Gasteiger partial charge in [-0.3, -0.25) is 9.59 Å². The van der Waals surface area contributed by atoms with Gasteiger partial charge in [0.2, 0.25) is 5.91 Å². The molecule has 1 aromatic heterocycles. The number of benzene rings is 1. The second kappa shape index (κ2) is 7.42. The van der Waals surface area contributed by atoms with Crippen molar-refractivity contribution in [3.8, 4) is 11.3 Å². The normalized spacial score (nSPS) is 10.5. The van der Waals surface area contributed by atoms with Crippen LogP contribution in [0.4, 0.5) is 5.13 Å². The van der Waals surface area contributed by atoms with Crippen molar-refractivity contribution in [1.82, 2.24) is 4.98 Å². The highest BCUT2D eigenvalue weighted by Crippen LogP contribution is 2.30. The average molecular weight is 336 g/mol. The Morgan fingerprint density at radius 2 is 1.91 bits per heavy atom. The van der Waals surface area contributed by atoms with Gasteiger partial charge < -0.3 is 10.4 Å². The number of carbonyl (C=O) groups excluding carboxylic acids is 1. The summed E-state index contributed by atoms with van der Waals surface area (Å²) in [5, 5.41) is 11.8. The standard InChI is InChI=1S/C15H16N2O3S2/c1-9-3-5-11(6-4-9)14-10(2)22-15(17-14)16-12(18)7-21-8-13(19)20/h3-6H,7-8H2,1-2H3,(H,19,20)(H,16,17,18). The smallest absolute Gasteiger partial charge is 0.313 e. The van der Waals surface area contributed by atoms with Crippen molar-refractivity contribution in [1.29, 1.82) is 0 Å². The Morgan fingerprint density at radius 1 is 1.23 bits per heavy atom. The number of hydrogen-bond acceptors (Lipinski definition) is 5. The second-order valence-electron chi connectivity index (χ2n) is 4.72. The number of nitrogens with one attached hydrogen (secondary N) is 1. The molecule has 0 radical (unpaired) electrons. The largest absolute Gasteiger partial charge is 0.481 e. The molecule has 0 aliphatic carbocycles. The molecule has 0 aliphatic rings. The molecule has 2 rings (SSSR count). The first-order valence-electron chi connectivity index (χ1n) is 6.59. The molecule has 22 heavy (non-hydrogen) atoms. The molecule has 0 spiro atoms. The van der Waals surface area contributed by atoms with Crippen LogP contribution in [0.3, 0.4) is 0 Å². The number of carboxylic acids is 1. The van der Waals surface area contributed by atoms with E-state index in [0.29, 0.717) is 5.13 Å². The molecule has 116 valence electrons. The quantitative estimate of drug-likeness (QED) is 0.847. The van der Waals surface area contributed by atoms with Gasteiger partial charge in [-0.15, -0.1) is 23.1 Å². The van der Waals surface area contributed by atoms with Gasteiger partial charge in [0.05, 0.1) is 17.2 Å². The molecule has 1 heterocycles. The number of aryl methyl sites for hydroxylation is 2. The number of aliphatic carboxylic acids is 1. The predicted molar refractivity (Wildman–Crippen MR) is 90.6 cm³/mol. The SMILES string of the molecule is Cc1ccc(-c2nc(NC(=O)CSCC(=O)O)sc2C)cc1. The predicted octanol–water partition coefficient (Wildman–Crippen LogP) is 3.18. The fourth-order valence-corrected chi connectivity index (χ4v) is 3.20. The van der Waals surface area contributed by atoms with E-state index < -0.39 is 5.97 Å². The molecule has 2 N–H and O–H groups in total. The summed E-state index contributed by atoms with van der Waals surface area (Å²) in [5.41, 5.74) is 3.05. The highest BCUT2D eigenvalue weighted by Gasteiger charge is 2.12. The summed E-state index contributed by atoms with van der Waals surface area (Å²) in [4.78, 5) is 27.6. The van der Waals surface area contributed by atoms with E-state index >= 15 is 0 Å². The molecule has 0 atom stereocenters. The van der Waals surface area contributed by atoms with Gasteiger partial charge in [0, 0.05) is 10.4 Å². The Balaban J connectivity index is 2.02. The number of thiazole rings is 1. The molecule has 0 unspecified atom stereocenters. The number of hydrogen-bond donors (Lipinski definition) is 2. The molecule has 0 bridgehead atoms. The van der Waals surface area contributed by atoms with E-state index in [-0.39, 0.29) is 17.4 Å². The third-order valence-electron chi connectivity index (χ3n) is 2.83. The second-order valence-corrected chi connectivity index (χ2v) is 6.91. The van der Waals surface area contributed by atoms with Crippen molar-refractivity contribution in [2.24, 2.45) is 0 Å². The molecular formula is C15H16N2O3S2. The Hall–Kier alpha value is -1.86. The van der Waals surface area contributed by atoms with Gasteiger partial charge in [-0.25, -0.2) is 4.98 Å². The van der Waals surface area contributed by atoms with E-state index in [9.17, 15) is 9.59 Å². The maximum atomic E-state index is 11.7. The van der Waals surface area contributed by atoms with Gasteiger partial charge in [-0.05, 0) is 13.8 Å². The van der Waals surface area contributed by atoms with E-state index in [0.717, 1.165) is 27.9 Å². The molecule has 7 heteroatoms. The van der Waals surface area contributed by atoms with E-state index in [1.54, 1.807) is 0 Å². The first kappa shape index (κ1) is 16.5. The van der Waals surface area contributed by atoms with Crippen LogP contribution in [-0.2, 0) is 9.59 Å². The summed E-state index contributed by atoms with van der Waals surface area (Å²) in [5.74, 6) is -1.15. The molecule has 0 saturated heterocycles. The maximum Gasteiger partial charge on any atom is 0.313 e. The molecular weight excluding hydrogens is 320 g/mol. The van der Waals surface area contributed by atoms with Gasteiger partial charge in [-0.2, -0.15) is 0 Å². The van der Waals surface area contributed by atoms with Crippen LogP contribution in [0.1, 0.15) is 10.4 Å². The van der Waals surface area contributed by atoms with Crippen LogP contribution in [0.15, 0.2) is 24.3 Å². The minimum atomic E-state index is -0.926. The fourth-order valence-electron chi connectivity index (χ4n) is 1.82. The highest BCUT2D eigenvalue weighted by atomic mass is 32.2. The third-order valence-corrected chi connectivity index (χ3v) is 4.63. The molecule has 0 aliphatic heterocycles. The summed E-state index contributed by atoms with van der Waals surface area (Å²) < 4.78 is 0. The van der Waals surface area contributed by atoms with E-state index in [4.69, 9.17) is 5.11 Å². The minimum absolute atomic E-state index is 0.0844. The number of carbonyl (C=O) groups is 2. The number of amides is 1. The molecule has 1 aromatic carbocycles. The van der Waals surface area contributed by atoms with Crippen molar-refractivity contribution < 1.29 is 14.7 Å². The van der Waals surface area contributed by atoms with Gasteiger partial charge in [-0.1, -0.05) is 29.8 Å². The first-order valence-corrected chi connectivity index (χ1v) is 8.56. The number of anilines is 1. The Kier molecular flexibility index (Phi) is 5.57. The van der Waals surface area contributed by atoms with Crippen molar-refractivity contribution in [2.45, 2.75) is 13.8 Å². The average Bonchev–Trinajstić information content (AvgIpc) is 2.80. The highest BCUT2D eigenvalue weighted by molar-refractivity contribution is 8.00. The lowest BCUT2D eigenvalue weighted by atomic mass is 10.1. The number of rotatable bonds is 6. The lowest BCUT2D eigenvalue weighted by Gasteiger charge is -2.00. The molecule has 0 fully saturated rings. The zero-order valence-corrected chi connectivity index (χ0v) is 13.9. The van der Waals surface area contributed by atoms with Gasteiger partial charge in [0.25, 0.3) is 0 Å². The zero-order valence-electron chi connectivity index (χ0n) is 12.3. The monoisotopic (exact) mass is 336 g/mol. The van der Waals surface area contributed by atoms with Crippen LogP contribution < -0.4 is 5.32 Å². The van der Waals surface area contributed by atoms with E-state index in [1.165, 1.54) is 16.9 Å². The van der Waals surface area contributed by atoms with Crippen LogP contribution >= 0.6 is 23.1 Å². The topological polar surface area (TPSA) is 79.3 Å². The Bertz CT molecular complexity index is 681. The Labute approximate surface area is 136 Å². The lowest BCUT2D eigenvalue weighted by Crippen LogP contribution is -2.15. The van der Waals surface area contributed by atoms with Crippen molar-refractivity contribution in [3.63, 3.8) is 0 Å². The number of thioether (sulfide) groups is 1. The van der Waals surface area contributed by atoms with Crippen LogP contribution in [0.25, 0.3) is 11.3 Å². The van der Waals surface area contributed by atoms with Crippen LogP contribution in [0, 0.1) is 13.8 Å². The van der Waals surface area contributed by atoms with Crippen molar-refractivity contribution in [3.05, 3.63) is 34.7 Å². The molecule has 0 saturated carbocycles. The minimum Gasteiger partial charge on any atom is -0.481 e. The molecule has 5 nitrogen and oxygen atoms in total. The fraction of sp³-hybridized carbons (Fsp3) is 0.267. The molecule has 1 amide bonds. The van der Waals surface area contributed by atoms with Crippen molar-refractivity contribution >= 4 is 40.1 Å². The molecule has 2 aromatic rings. The van der Waals surface area contributed by atoms with Crippen LogP contribution in [0.5, 0.6) is 0 Å². The zero-order chi connectivity index (χ0) is 16.1. The lowest BCUT2D eigenvalue weighted by molar-refractivity contribution is -0.133. The van der Waals surface area contributed by atoms with Crippen LogP contribution in [-0.4, -0.2) is 33.5 Å². The van der Waals surface area contributed by atoms with Crippen LogP contribution in [0.2, 0.25) is 0 Å². The number of carboxylic acid groups (broad SMARTS) is 1. The third kappa shape index (κ3) is 4.57. The summed E-state index contributed by atoms with van der Waals surface area (Å²) in [6.07, 6.45) is 0. The van der Waals surface area contributed by atoms with E-state index in [2.05, 4.69) is 10.3 Å². The number of nitrogens with zero attached hydrogens (tertiary/aromatic N) is 1.